The first-order chi connectivity index (χ1) is 16.0. The highest BCUT2D eigenvalue weighted by molar-refractivity contribution is 8.03. The van der Waals surface area contributed by atoms with Crippen molar-refractivity contribution < 1.29 is 23.6 Å². The van der Waals surface area contributed by atoms with Gasteiger partial charge in [-0.2, -0.15) is 0 Å². The fraction of sp³-hybridized carbons (Fsp3) is 0.615. The van der Waals surface area contributed by atoms with E-state index in [4.69, 9.17) is 18.8 Å². The highest BCUT2D eigenvalue weighted by Gasteiger charge is 2.51. The minimum Gasteiger partial charge on any atom is -0.493 e. The van der Waals surface area contributed by atoms with Crippen LogP contribution in [0.1, 0.15) is 73.6 Å². The highest BCUT2D eigenvalue weighted by atomic mass is 32.2. The second-order valence-corrected chi connectivity index (χ2v) is 14.2. The van der Waals surface area contributed by atoms with Gasteiger partial charge in [0, 0.05) is 11.8 Å². The van der Waals surface area contributed by atoms with E-state index in [-0.39, 0.29) is 24.3 Å². The largest absolute Gasteiger partial charge is 0.494 e. The molecule has 1 fully saturated rings. The smallest absolute Gasteiger partial charge is 0.493 e. The zero-order valence-corrected chi connectivity index (χ0v) is 24.2. The van der Waals surface area contributed by atoms with Crippen molar-refractivity contribution in [1.82, 2.24) is 4.98 Å². The lowest BCUT2D eigenvalue weighted by Gasteiger charge is -2.32. The number of esters is 1. The normalized spacial score (nSPS) is 17.5. The number of aromatic nitrogens is 1. The average molecular weight is 520 g/mol. The van der Waals surface area contributed by atoms with Gasteiger partial charge in [-0.15, -0.1) is 11.3 Å². The number of thioether (sulfide) groups is 1. The monoisotopic (exact) mass is 519 g/mol. The molecule has 1 aromatic carbocycles. The van der Waals surface area contributed by atoms with Gasteiger partial charge >= 0.3 is 13.1 Å². The van der Waals surface area contributed by atoms with Gasteiger partial charge < -0.3 is 18.8 Å². The molecule has 0 saturated carbocycles. The van der Waals surface area contributed by atoms with Crippen molar-refractivity contribution in [2.45, 2.75) is 102 Å². The molecule has 2 heterocycles. The minimum atomic E-state index is -0.713. The van der Waals surface area contributed by atoms with Crippen molar-refractivity contribution in [3.8, 4) is 5.75 Å². The molecule has 1 aliphatic heterocycles. The number of rotatable bonds is 8. The van der Waals surface area contributed by atoms with E-state index in [0.29, 0.717) is 13.0 Å². The van der Waals surface area contributed by atoms with Gasteiger partial charge in [0.05, 0.1) is 23.5 Å². The first-order valence-electron chi connectivity index (χ1n) is 11.9. The van der Waals surface area contributed by atoms with Crippen LogP contribution in [0.5, 0.6) is 5.75 Å². The lowest BCUT2D eigenvalue weighted by molar-refractivity contribution is -0.156. The quantitative estimate of drug-likeness (QED) is 0.256. The molecule has 1 aliphatic rings. The van der Waals surface area contributed by atoms with Crippen molar-refractivity contribution in [3.63, 3.8) is 0 Å². The summed E-state index contributed by atoms with van der Waals surface area (Å²) >= 11 is 2.97. The average Bonchev–Trinajstić information content (AvgIpc) is 3.21. The van der Waals surface area contributed by atoms with Crippen LogP contribution in [0.15, 0.2) is 27.9 Å². The molecule has 2 aromatic rings. The first kappa shape index (κ1) is 28.0. The zero-order valence-electron chi connectivity index (χ0n) is 22.6. The van der Waals surface area contributed by atoms with Crippen molar-refractivity contribution in [2.75, 3.05) is 6.61 Å². The fourth-order valence-corrected chi connectivity index (χ4v) is 5.60. The van der Waals surface area contributed by atoms with Gasteiger partial charge in [0.25, 0.3) is 0 Å². The van der Waals surface area contributed by atoms with Gasteiger partial charge in [0.15, 0.2) is 4.34 Å². The summed E-state index contributed by atoms with van der Waals surface area (Å²) in [4.78, 5) is 17.2. The highest BCUT2D eigenvalue weighted by Crippen LogP contribution is 2.37. The number of carbonyl (C=O) groups is 1. The third-order valence-corrected chi connectivity index (χ3v) is 8.27. The van der Waals surface area contributed by atoms with Crippen molar-refractivity contribution in [3.05, 3.63) is 34.8 Å². The maximum Gasteiger partial charge on any atom is 0.494 e. The fourth-order valence-electron chi connectivity index (χ4n) is 3.34. The lowest BCUT2D eigenvalue weighted by atomic mass is 9.78. The van der Waals surface area contributed by atoms with Crippen LogP contribution < -0.4 is 10.2 Å². The predicted molar refractivity (Wildman–Crippen MR) is 144 cm³/mol. The molecule has 0 atom stereocenters. The molecule has 1 aromatic heterocycles. The Balaban J connectivity index is 1.54. The van der Waals surface area contributed by atoms with Crippen molar-refractivity contribution in [2.24, 2.45) is 0 Å². The third-order valence-electron chi connectivity index (χ3n) is 6.10. The molecule has 9 heteroatoms. The van der Waals surface area contributed by atoms with Crippen LogP contribution in [0.25, 0.3) is 0 Å². The summed E-state index contributed by atoms with van der Waals surface area (Å²) in [6.45, 7) is 20.1. The Labute approximate surface area is 218 Å². The Morgan fingerprint density at radius 3 is 2.31 bits per heavy atom. The number of carbonyl (C=O) groups excluding carboxylic acids is 1. The van der Waals surface area contributed by atoms with Crippen LogP contribution >= 0.6 is 23.1 Å². The summed E-state index contributed by atoms with van der Waals surface area (Å²) in [5, 5.41) is 2.02. The second-order valence-electron chi connectivity index (χ2n) is 11.4. The molecule has 192 valence electrons. The standard InChI is InChI=1S/C26H38BNO5S2/c1-17-15-18(27-32-25(7,8)26(9,10)33-27)11-12-20(17)30-14-13-19-16-34-22(28-19)35-24(5,6)21(29)31-23(2,3)4/h11-12,15-16H,13-14H2,1-10H3. The van der Waals surface area contributed by atoms with Gasteiger partial charge in [-0.05, 0) is 86.3 Å². The molecule has 6 nitrogen and oxygen atoms in total. The van der Waals surface area contributed by atoms with Gasteiger partial charge in [0.1, 0.15) is 16.1 Å². The first-order valence-corrected chi connectivity index (χ1v) is 13.6. The lowest BCUT2D eigenvalue weighted by Crippen LogP contribution is -2.41. The SMILES string of the molecule is Cc1cc(B2OC(C)(C)C(C)(C)O2)ccc1OCCc1csc(SC(C)(C)C(=O)OC(C)(C)C)n1. The molecule has 35 heavy (non-hydrogen) atoms. The second kappa shape index (κ2) is 10.1. The summed E-state index contributed by atoms with van der Waals surface area (Å²) in [5.41, 5.74) is 1.72. The number of aryl methyl sites for hydroxylation is 1. The Morgan fingerprint density at radius 1 is 1.11 bits per heavy atom. The maximum atomic E-state index is 12.5. The zero-order chi connectivity index (χ0) is 26.2. The van der Waals surface area contributed by atoms with Crippen LogP contribution in [-0.4, -0.2) is 46.2 Å². The van der Waals surface area contributed by atoms with Gasteiger partial charge in [-0.3, -0.25) is 4.79 Å². The van der Waals surface area contributed by atoms with E-state index >= 15 is 0 Å². The van der Waals surface area contributed by atoms with Crippen LogP contribution in [-0.2, 0) is 25.3 Å². The predicted octanol–water partition coefficient (Wildman–Crippen LogP) is 5.58. The summed E-state index contributed by atoms with van der Waals surface area (Å²) in [6, 6.07) is 6.04. The summed E-state index contributed by atoms with van der Waals surface area (Å²) < 4.78 is 24.0. The molecular formula is C26H38BNO5S2. The number of ether oxygens (including phenoxy) is 2. The van der Waals surface area contributed by atoms with Crippen molar-refractivity contribution >= 4 is 41.6 Å². The summed E-state index contributed by atoms with van der Waals surface area (Å²) in [7, 11) is -0.386. The van der Waals surface area contributed by atoms with E-state index in [1.54, 1.807) is 0 Å². The van der Waals surface area contributed by atoms with Gasteiger partial charge in [-0.25, -0.2) is 4.98 Å². The van der Waals surface area contributed by atoms with Crippen LogP contribution in [0, 0.1) is 6.92 Å². The molecule has 0 aliphatic carbocycles. The van der Waals surface area contributed by atoms with E-state index in [1.165, 1.54) is 23.1 Å². The molecule has 0 bridgehead atoms. The molecular weight excluding hydrogens is 481 g/mol. The van der Waals surface area contributed by atoms with E-state index in [1.807, 2.05) is 59.1 Å². The summed E-state index contributed by atoms with van der Waals surface area (Å²) in [6.07, 6.45) is 0.683. The Kier molecular flexibility index (Phi) is 8.07. The van der Waals surface area contributed by atoms with Crippen LogP contribution in [0.2, 0.25) is 0 Å². The number of benzene rings is 1. The maximum absolute atomic E-state index is 12.5. The van der Waals surface area contributed by atoms with Crippen molar-refractivity contribution in [1.29, 1.82) is 0 Å². The number of nitrogens with zero attached hydrogens (tertiary/aromatic N) is 1. The van der Waals surface area contributed by atoms with Gasteiger partial charge in [0.2, 0.25) is 0 Å². The third kappa shape index (κ3) is 7.03. The number of thiazole rings is 1. The Bertz CT molecular complexity index is 1040. The van der Waals surface area contributed by atoms with E-state index < -0.39 is 10.3 Å². The Hall–Kier alpha value is -1.55. The molecule has 0 amide bonds. The van der Waals surface area contributed by atoms with E-state index in [9.17, 15) is 4.79 Å². The topological polar surface area (TPSA) is 66.9 Å². The molecule has 3 rings (SSSR count). The Morgan fingerprint density at radius 2 is 1.74 bits per heavy atom. The summed E-state index contributed by atoms with van der Waals surface area (Å²) in [5.74, 6) is 0.593. The molecule has 0 radical (unpaired) electrons. The van der Waals surface area contributed by atoms with E-state index in [0.717, 1.165) is 26.8 Å². The van der Waals surface area contributed by atoms with Crippen LogP contribution in [0.3, 0.4) is 0 Å². The molecule has 0 unspecified atom stereocenters. The molecule has 0 N–H and O–H groups in total. The number of hydrogen-bond donors (Lipinski definition) is 0. The number of hydrogen-bond acceptors (Lipinski definition) is 8. The van der Waals surface area contributed by atoms with Gasteiger partial charge in [-0.1, -0.05) is 23.9 Å². The van der Waals surface area contributed by atoms with E-state index in [2.05, 4.69) is 38.7 Å². The van der Waals surface area contributed by atoms with Crippen LogP contribution in [0.4, 0.5) is 0 Å². The molecule has 1 saturated heterocycles. The minimum absolute atomic E-state index is 0.241. The molecule has 0 spiro atoms.